The summed E-state index contributed by atoms with van der Waals surface area (Å²) in [5.41, 5.74) is 1.22. The summed E-state index contributed by atoms with van der Waals surface area (Å²) in [5.74, 6) is 0.934. The maximum Gasteiger partial charge on any atom is 0.277 e. The van der Waals surface area contributed by atoms with E-state index in [1.165, 1.54) is 15.8 Å². The number of hydrogen-bond donors (Lipinski definition) is 2. The highest BCUT2D eigenvalue weighted by atomic mass is 16.5. The fourth-order valence-electron chi connectivity index (χ4n) is 2.43. The number of rotatable bonds is 5. The minimum atomic E-state index is -0.0680. The van der Waals surface area contributed by atoms with E-state index in [1.807, 2.05) is 26.1 Å². The van der Waals surface area contributed by atoms with Crippen LogP contribution in [0.1, 0.15) is 12.5 Å². The predicted octanol–water partition coefficient (Wildman–Crippen LogP) is 0.998. The first-order valence-corrected chi connectivity index (χ1v) is 7.15. The molecule has 0 heterocycles. The average molecular weight is 287 g/mol. The first kappa shape index (κ1) is 15.3. The van der Waals surface area contributed by atoms with Crippen LogP contribution in [0.4, 0.5) is 0 Å². The molecule has 2 aromatic carbocycles. The molecule has 0 aromatic heterocycles. The van der Waals surface area contributed by atoms with Crippen LogP contribution in [0.25, 0.3) is 10.8 Å². The molecule has 2 atom stereocenters. The molecule has 0 aliphatic rings. The summed E-state index contributed by atoms with van der Waals surface area (Å²) in [6.07, 6.45) is 0. The molecule has 0 saturated heterocycles. The maximum atomic E-state index is 11.7. The zero-order chi connectivity index (χ0) is 15.4. The van der Waals surface area contributed by atoms with Gasteiger partial charge in [0.1, 0.15) is 12.3 Å². The number of quaternary nitrogens is 1. The van der Waals surface area contributed by atoms with Crippen LogP contribution in [-0.2, 0) is 11.3 Å². The second kappa shape index (κ2) is 6.59. The van der Waals surface area contributed by atoms with Crippen molar-refractivity contribution in [2.75, 3.05) is 21.2 Å². The van der Waals surface area contributed by atoms with Crippen LogP contribution < -0.4 is 15.0 Å². The van der Waals surface area contributed by atoms with Gasteiger partial charge >= 0.3 is 0 Å². The molecule has 0 saturated carbocycles. The van der Waals surface area contributed by atoms with Crippen molar-refractivity contribution in [1.82, 2.24) is 5.32 Å². The minimum absolute atomic E-state index is 0.0676. The first-order valence-electron chi connectivity index (χ1n) is 7.15. The predicted molar refractivity (Wildman–Crippen MR) is 84.6 cm³/mol. The Balaban J connectivity index is 2.17. The summed E-state index contributed by atoms with van der Waals surface area (Å²) in [7, 11) is 5.39. The van der Waals surface area contributed by atoms with E-state index in [1.54, 1.807) is 14.2 Å². The van der Waals surface area contributed by atoms with E-state index in [0.717, 1.165) is 17.7 Å². The van der Waals surface area contributed by atoms with Gasteiger partial charge in [-0.3, -0.25) is 4.79 Å². The van der Waals surface area contributed by atoms with Crippen LogP contribution in [0.5, 0.6) is 5.75 Å². The Morgan fingerprint density at radius 2 is 1.90 bits per heavy atom. The van der Waals surface area contributed by atoms with Gasteiger partial charge in [0.05, 0.1) is 14.2 Å². The maximum absolute atomic E-state index is 11.7. The zero-order valence-corrected chi connectivity index (χ0v) is 13.1. The van der Waals surface area contributed by atoms with Crippen LogP contribution in [-0.4, -0.2) is 33.2 Å². The van der Waals surface area contributed by atoms with E-state index in [0.29, 0.717) is 0 Å². The Labute approximate surface area is 125 Å². The molecule has 2 rings (SSSR count). The number of likely N-dealkylation sites (N-methyl/N-ethyl adjacent to an activating group) is 2. The highest BCUT2D eigenvalue weighted by molar-refractivity contribution is 5.84. The Bertz CT molecular complexity index is 640. The molecule has 1 amide bonds. The SMILES string of the molecule is CNC(=O)[C@@H](C)[NH+](C)Cc1ccc2cc(OC)ccc2c1. The molecule has 0 fully saturated rings. The highest BCUT2D eigenvalue weighted by Gasteiger charge is 2.20. The van der Waals surface area contributed by atoms with Gasteiger partial charge in [-0.25, -0.2) is 0 Å². The summed E-state index contributed by atoms with van der Waals surface area (Å²) in [6, 6.07) is 12.4. The van der Waals surface area contributed by atoms with E-state index < -0.39 is 0 Å². The van der Waals surface area contributed by atoms with Gasteiger partial charge in [-0.2, -0.15) is 0 Å². The van der Waals surface area contributed by atoms with Crippen LogP contribution in [0.15, 0.2) is 36.4 Å². The lowest BCUT2D eigenvalue weighted by atomic mass is 10.1. The van der Waals surface area contributed by atoms with Crippen LogP contribution >= 0.6 is 0 Å². The number of hydrogen-bond acceptors (Lipinski definition) is 2. The van der Waals surface area contributed by atoms with Crippen LogP contribution in [0.2, 0.25) is 0 Å². The number of fused-ring (bicyclic) bond motifs is 1. The van der Waals surface area contributed by atoms with Crippen LogP contribution in [0.3, 0.4) is 0 Å². The average Bonchev–Trinajstić information content (AvgIpc) is 2.52. The van der Waals surface area contributed by atoms with Gasteiger partial charge in [0.2, 0.25) is 0 Å². The van der Waals surface area contributed by atoms with Crippen molar-refractivity contribution in [2.45, 2.75) is 19.5 Å². The van der Waals surface area contributed by atoms with Crippen molar-refractivity contribution in [3.63, 3.8) is 0 Å². The van der Waals surface area contributed by atoms with Gasteiger partial charge in [-0.05, 0) is 35.9 Å². The number of carbonyl (C=O) groups is 1. The molecular weight excluding hydrogens is 264 g/mol. The Morgan fingerprint density at radius 3 is 2.57 bits per heavy atom. The van der Waals surface area contributed by atoms with Gasteiger partial charge in [0.25, 0.3) is 5.91 Å². The summed E-state index contributed by atoms with van der Waals surface area (Å²) < 4.78 is 5.24. The van der Waals surface area contributed by atoms with Gasteiger partial charge in [0, 0.05) is 12.6 Å². The third kappa shape index (κ3) is 3.52. The molecule has 4 heteroatoms. The summed E-state index contributed by atoms with van der Waals surface area (Å²) >= 11 is 0. The molecule has 112 valence electrons. The largest absolute Gasteiger partial charge is 0.497 e. The standard InChI is InChI=1S/C17H22N2O2/c1-12(17(20)18-2)19(3)11-13-5-6-15-10-16(21-4)8-7-14(15)9-13/h5-10,12H,11H2,1-4H3,(H,18,20)/p+1/t12-/m1/s1. The van der Waals surface area contributed by atoms with E-state index in [-0.39, 0.29) is 11.9 Å². The smallest absolute Gasteiger partial charge is 0.277 e. The quantitative estimate of drug-likeness (QED) is 0.861. The lowest BCUT2D eigenvalue weighted by molar-refractivity contribution is -0.908. The molecule has 4 nitrogen and oxygen atoms in total. The van der Waals surface area contributed by atoms with Gasteiger partial charge < -0.3 is 15.0 Å². The first-order chi connectivity index (χ1) is 10.0. The monoisotopic (exact) mass is 287 g/mol. The Hall–Kier alpha value is -2.07. The van der Waals surface area contributed by atoms with E-state index in [9.17, 15) is 4.79 Å². The fourth-order valence-corrected chi connectivity index (χ4v) is 2.43. The lowest BCUT2D eigenvalue weighted by Gasteiger charge is -2.20. The van der Waals surface area contributed by atoms with Crippen molar-refractivity contribution >= 4 is 16.7 Å². The second-order valence-electron chi connectivity index (χ2n) is 5.41. The summed E-state index contributed by atoms with van der Waals surface area (Å²) in [6.45, 7) is 2.76. The molecular formula is C17H23N2O2+. The molecule has 0 aliphatic carbocycles. The number of ether oxygens (including phenoxy) is 1. The molecule has 0 radical (unpaired) electrons. The second-order valence-corrected chi connectivity index (χ2v) is 5.41. The zero-order valence-electron chi connectivity index (χ0n) is 13.1. The van der Waals surface area contributed by atoms with Crippen molar-refractivity contribution < 1.29 is 14.4 Å². The fraction of sp³-hybridized carbons (Fsp3) is 0.353. The lowest BCUT2D eigenvalue weighted by Crippen LogP contribution is -3.12. The highest BCUT2D eigenvalue weighted by Crippen LogP contribution is 2.21. The molecule has 2 N–H and O–H groups in total. The molecule has 0 aliphatic heterocycles. The van der Waals surface area contributed by atoms with Gasteiger partial charge in [0.15, 0.2) is 6.04 Å². The van der Waals surface area contributed by atoms with E-state index >= 15 is 0 Å². The number of nitrogens with one attached hydrogen (secondary N) is 2. The van der Waals surface area contributed by atoms with Crippen molar-refractivity contribution in [3.05, 3.63) is 42.0 Å². The third-order valence-electron chi connectivity index (χ3n) is 3.97. The normalized spacial score (nSPS) is 13.7. The number of methoxy groups -OCH3 is 1. The van der Waals surface area contributed by atoms with E-state index in [2.05, 4.69) is 29.6 Å². The van der Waals surface area contributed by atoms with Gasteiger partial charge in [-0.15, -0.1) is 0 Å². The van der Waals surface area contributed by atoms with Crippen molar-refractivity contribution in [3.8, 4) is 5.75 Å². The summed E-state index contributed by atoms with van der Waals surface area (Å²) in [5, 5.41) is 5.05. The summed E-state index contributed by atoms with van der Waals surface area (Å²) in [4.78, 5) is 12.8. The molecule has 21 heavy (non-hydrogen) atoms. The van der Waals surface area contributed by atoms with Crippen LogP contribution in [0, 0.1) is 0 Å². The number of benzene rings is 2. The Kier molecular flexibility index (Phi) is 4.81. The number of amides is 1. The number of carbonyl (C=O) groups excluding carboxylic acids is 1. The van der Waals surface area contributed by atoms with Crippen molar-refractivity contribution in [2.24, 2.45) is 0 Å². The Morgan fingerprint density at radius 1 is 1.24 bits per heavy atom. The molecule has 0 spiro atoms. The van der Waals surface area contributed by atoms with Gasteiger partial charge in [-0.1, -0.05) is 18.2 Å². The van der Waals surface area contributed by atoms with E-state index in [4.69, 9.17) is 4.74 Å². The minimum Gasteiger partial charge on any atom is -0.497 e. The van der Waals surface area contributed by atoms with Crippen molar-refractivity contribution in [1.29, 1.82) is 0 Å². The molecule has 0 bridgehead atoms. The topological polar surface area (TPSA) is 42.8 Å². The third-order valence-corrected chi connectivity index (χ3v) is 3.97. The molecule has 2 aromatic rings. The molecule has 1 unspecified atom stereocenters.